The van der Waals surface area contributed by atoms with Crippen LogP contribution in [0, 0.1) is 0 Å². The van der Waals surface area contributed by atoms with E-state index in [2.05, 4.69) is 10.2 Å². The van der Waals surface area contributed by atoms with Gasteiger partial charge >= 0.3 is 0 Å². The molecule has 6 nitrogen and oxygen atoms in total. The van der Waals surface area contributed by atoms with Gasteiger partial charge in [0, 0.05) is 32.4 Å². The van der Waals surface area contributed by atoms with Gasteiger partial charge in [-0.15, -0.1) is 0 Å². The van der Waals surface area contributed by atoms with E-state index in [9.17, 15) is 9.59 Å². The zero-order valence-electron chi connectivity index (χ0n) is 8.22. The monoisotopic (exact) mass is 208 g/mol. The fraction of sp³-hybridized carbons (Fsp3) is 0.444. The quantitative estimate of drug-likeness (QED) is 0.655. The number of hydrogen-bond acceptors (Lipinski definition) is 3. The van der Waals surface area contributed by atoms with E-state index in [1.54, 1.807) is 22.1 Å². The zero-order chi connectivity index (χ0) is 10.7. The van der Waals surface area contributed by atoms with Gasteiger partial charge in [-0.05, 0) is 6.07 Å². The molecule has 1 fully saturated rings. The Hall–Kier alpha value is -1.85. The van der Waals surface area contributed by atoms with Gasteiger partial charge in [0.05, 0.1) is 0 Å². The van der Waals surface area contributed by atoms with Crippen molar-refractivity contribution in [2.45, 2.75) is 0 Å². The van der Waals surface area contributed by atoms with Crippen LogP contribution in [-0.4, -0.2) is 58.5 Å². The first kappa shape index (κ1) is 9.70. The molecule has 1 saturated heterocycles. The average Bonchev–Trinajstić information content (AvgIpc) is 2.82. The third kappa shape index (κ3) is 1.98. The number of aromatic amines is 1. The molecular formula is C9H12N4O2. The van der Waals surface area contributed by atoms with Gasteiger partial charge in [0.1, 0.15) is 5.69 Å². The molecule has 0 aromatic carbocycles. The second-order valence-corrected chi connectivity index (χ2v) is 3.40. The molecule has 0 bridgehead atoms. The van der Waals surface area contributed by atoms with Crippen molar-refractivity contribution in [3.63, 3.8) is 0 Å². The van der Waals surface area contributed by atoms with Crippen molar-refractivity contribution < 1.29 is 9.59 Å². The van der Waals surface area contributed by atoms with Crippen molar-refractivity contribution >= 4 is 12.3 Å². The molecule has 0 unspecified atom stereocenters. The highest BCUT2D eigenvalue weighted by molar-refractivity contribution is 5.92. The van der Waals surface area contributed by atoms with Crippen molar-refractivity contribution in [2.24, 2.45) is 0 Å². The normalized spacial score (nSPS) is 16.5. The highest BCUT2D eigenvalue weighted by atomic mass is 16.2. The Labute approximate surface area is 86.9 Å². The summed E-state index contributed by atoms with van der Waals surface area (Å²) in [6.07, 6.45) is 2.37. The van der Waals surface area contributed by atoms with E-state index in [1.807, 2.05) is 0 Å². The maximum absolute atomic E-state index is 11.8. The Bertz CT molecular complexity index is 341. The van der Waals surface area contributed by atoms with Crippen LogP contribution in [0.1, 0.15) is 10.5 Å². The molecule has 0 aliphatic carbocycles. The summed E-state index contributed by atoms with van der Waals surface area (Å²) in [4.78, 5) is 25.7. The molecule has 2 amide bonds. The van der Waals surface area contributed by atoms with Crippen LogP contribution in [0.15, 0.2) is 12.3 Å². The number of nitrogens with one attached hydrogen (secondary N) is 1. The van der Waals surface area contributed by atoms with Gasteiger partial charge in [-0.1, -0.05) is 0 Å². The summed E-state index contributed by atoms with van der Waals surface area (Å²) in [5.74, 6) is -0.0574. The summed E-state index contributed by atoms with van der Waals surface area (Å²) in [7, 11) is 0. The Kier molecular flexibility index (Phi) is 2.66. The number of aromatic nitrogens is 2. The fourth-order valence-corrected chi connectivity index (χ4v) is 1.58. The van der Waals surface area contributed by atoms with E-state index in [1.165, 1.54) is 0 Å². The predicted octanol–water partition coefficient (Wildman–Crippen LogP) is -0.676. The van der Waals surface area contributed by atoms with E-state index in [0.717, 1.165) is 6.41 Å². The number of carbonyl (C=O) groups excluding carboxylic acids is 2. The van der Waals surface area contributed by atoms with Gasteiger partial charge in [-0.3, -0.25) is 14.7 Å². The molecule has 1 aromatic heterocycles. The smallest absolute Gasteiger partial charge is 0.271 e. The number of carbonyl (C=O) groups is 2. The van der Waals surface area contributed by atoms with Gasteiger partial charge in [0.15, 0.2) is 0 Å². The van der Waals surface area contributed by atoms with Crippen molar-refractivity contribution in [1.29, 1.82) is 0 Å². The standard InChI is InChI=1S/C9H12N4O2/c14-7-12-3-5-13(6-4-12)9(15)8-1-2-10-11-8/h1-2,7H,3-6H2,(H,10,11). The van der Waals surface area contributed by atoms with E-state index < -0.39 is 0 Å². The van der Waals surface area contributed by atoms with E-state index in [-0.39, 0.29) is 5.91 Å². The largest absolute Gasteiger partial charge is 0.342 e. The van der Waals surface area contributed by atoms with Gasteiger partial charge in [-0.2, -0.15) is 5.10 Å². The second kappa shape index (κ2) is 4.12. The lowest BCUT2D eigenvalue weighted by Crippen LogP contribution is -2.48. The molecule has 2 heterocycles. The molecule has 80 valence electrons. The van der Waals surface area contributed by atoms with Crippen LogP contribution >= 0.6 is 0 Å². The minimum absolute atomic E-state index is 0.0574. The van der Waals surface area contributed by atoms with Crippen LogP contribution in [0.5, 0.6) is 0 Å². The van der Waals surface area contributed by atoms with Crippen molar-refractivity contribution in [3.8, 4) is 0 Å². The lowest BCUT2D eigenvalue weighted by atomic mass is 10.3. The van der Waals surface area contributed by atoms with E-state index >= 15 is 0 Å². The maximum atomic E-state index is 11.8. The summed E-state index contributed by atoms with van der Waals surface area (Å²) < 4.78 is 0. The number of hydrogen-bond donors (Lipinski definition) is 1. The molecule has 0 saturated carbocycles. The number of rotatable bonds is 2. The molecule has 0 radical (unpaired) electrons. The molecule has 2 rings (SSSR count). The third-order valence-electron chi connectivity index (χ3n) is 2.48. The van der Waals surface area contributed by atoms with Crippen molar-refractivity contribution in [3.05, 3.63) is 18.0 Å². The molecule has 0 atom stereocenters. The summed E-state index contributed by atoms with van der Waals surface area (Å²) in [5, 5.41) is 6.37. The molecular weight excluding hydrogens is 196 g/mol. The first-order valence-electron chi connectivity index (χ1n) is 4.79. The summed E-state index contributed by atoms with van der Waals surface area (Å²) in [6.45, 7) is 2.36. The first-order valence-corrected chi connectivity index (χ1v) is 4.79. The summed E-state index contributed by atoms with van der Waals surface area (Å²) in [5.41, 5.74) is 0.495. The molecule has 1 aliphatic rings. The number of amides is 2. The Balaban J connectivity index is 1.96. The van der Waals surface area contributed by atoms with Crippen molar-refractivity contribution in [1.82, 2.24) is 20.0 Å². The van der Waals surface area contributed by atoms with Gasteiger partial charge in [0.2, 0.25) is 6.41 Å². The van der Waals surface area contributed by atoms with E-state index in [4.69, 9.17) is 0 Å². The summed E-state index contributed by atoms with van der Waals surface area (Å²) >= 11 is 0. The molecule has 1 aromatic rings. The first-order chi connectivity index (χ1) is 7.31. The van der Waals surface area contributed by atoms with Gasteiger partial charge in [-0.25, -0.2) is 0 Å². The SMILES string of the molecule is O=CN1CCN(C(=O)c2ccn[nH]2)CC1. The van der Waals surface area contributed by atoms with Gasteiger partial charge in [0.25, 0.3) is 5.91 Å². The van der Waals surface area contributed by atoms with Crippen LogP contribution < -0.4 is 0 Å². The Morgan fingerprint density at radius 3 is 2.67 bits per heavy atom. The highest BCUT2D eigenvalue weighted by Gasteiger charge is 2.21. The molecule has 1 aliphatic heterocycles. The third-order valence-corrected chi connectivity index (χ3v) is 2.48. The minimum Gasteiger partial charge on any atom is -0.342 e. The topological polar surface area (TPSA) is 69.3 Å². The number of piperazine rings is 1. The predicted molar refractivity (Wildman–Crippen MR) is 52.1 cm³/mol. The lowest BCUT2D eigenvalue weighted by molar-refractivity contribution is -0.119. The number of H-pyrrole nitrogens is 1. The fourth-order valence-electron chi connectivity index (χ4n) is 1.58. The van der Waals surface area contributed by atoms with Crippen LogP contribution in [0.2, 0.25) is 0 Å². The van der Waals surface area contributed by atoms with Gasteiger partial charge < -0.3 is 9.80 Å². The Morgan fingerprint density at radius 1 is 1.40 bits per heavy atom. The lowest BCUT2D eigenvalue weighted by Gasteiger charge is -2.32. The van der Waals surface area contributed by atoms with Crippen LogP contribution in [0.3, 0.4) is 0 Å². The second-order valence-electron chi connectivity index (χ2n) is 3.40. The molecule has 1 N–H and O–H groups in total. The molecule has 15 heavy (non-hydrogen) atoms. The molecule has 0 spiro atoms. The molecule has 6 heteroatoms. The zero-order valence-corrected chi connectivity index (χ0v) is 8.22. The van der Waals surface area contributed by atoms with E-state index in [0.29, 0.717) is 31.9 Å². The highest BCUT2D eigenvalue weighted by Crippen LogP contribution is 2.05. The van der Waals surface area contributed by atoms with Crippen LogP contribution in [0.4, 0.5) is 0 Å². The Morgan fingerprint density at radius 2 is 2.13 bits per heavy atom. The minimum atomic E-state index is -0.0574. The number of nitrogens with zero attached hydrogens (tertiary/aromatic N) is 3. The van der Waals surface area contributed by atoms with Crippen LogP contribution in [0.25, 0.3) is 0 Å². The maximum Gasteiger partial charge on any atom is 0.271 e. The van der Waals surface area contributed by atoms with Crippen molar-refractivity contribution in [2.75, 3.05) is 26.2 Å². The average molecular weight is 208 g/mol. The van der Waals surface area contributed by atoms with Crippen LogP contribution in [-0.2, 0) is 4.79 Å². The summed E-state index contributed by atoms with van der Waals surface area (Å²) in [6, 6.07) is 1.65.